The quantitative estimate of drug-likeness (QED) is 0.506. The van der Waals surface area contributed by atoms with E-state index < -0.39 is 11.7 Å². The summed E-state index contributed by atoms with van der Waals surface area (Å²) >= 11 is 0. The van der Waals surface area contributed by atoms with Crippen molar-refractivity contribution in [2.45, 2.75) is 0 Å². The topological polar surface area (TPSA) is 62.1 Å². The number of nitriles is 1. The molecule has 5 heteroatoms. The van der Waals surface area contributed by atoms with Crippen LogP contribution in [0.1, 0.15) is 5.56 Å². The number of hydrogen-bond acceptors (Lipinski definition) is 3. The van der Waals surface area contributed by atoms with Crippen LogP contribution in [-0.2, 0) is 4.79 Å². The number of hydrogen-bond donors (Lipinski definition) is 1. The number of amides is 1. The third-order valence-corrected chi connectivity index (χ3v) is 3.64. The third-order valence-electron chi connectivity index (χ3n) is 3.64. The van der Waals surface area contributed by atoms with E-state index in [1.165, 1.54) is 24.3 Å². The number of benzene rings is 3. The summed E-state index contributed by atoms with van der Waals surface area (Å²) in [5, 5.41) is 11.7. The second-order valence-electron chi connectivity index (χ2n) is 5.59. The second kappa shape index (κ2) is 8.45. The van der Waals surface area contributed by atoms with Crippen LogP contribution in [0.3, 0.4) is 0 Å². The number of para-hydroxylation sites is 2. The van der Waals surface area contributed by atoms with Gasteiger partial charge in [-0.05, 0) is 48.0 Å². The number of anilines is 1. The standard InChI is InChI=1S/C22H15FN2O2/c23-20-11-4-5-12-21(20)25-22(26)17(15-24)13-16-7-6-10-19(14-16)27-18-8-2-1-3-9-18/h1-14H,(H,25,26)/b17-13-. The molecule has 0 bridgehead atoms. The van der Waals surface area contributed by atoms with E-state index in [4.69, 9.17) is 4.74 Å². The molecule has 0 unspecified atom stereocenters. The van der Waals surface area contributed by atoms with Crippen LogP contribution < -0.4 is 10.1 Å². The molecular weight excluding hydrogens is 343 g/mol. The Morgan fingerprint density at radius 3 is 2.41 bits per heavy atom. The maximum atomic E-state index is 13.7. The van der Waals surface area contributed by atoms with Crippen LogP contribution in [0.15, 0.2) is 84.4 Å². The molecule has 3 rings (SSSR count). The highest BCUT2D eigenvalue weighted by molar-refractivity contribution is 6.09. The molecule has 0 aromatic heterocycles. The molecule has 0 aliphatic carbocycles. The van der Waals surface area contributed by atoms with Gasteiger partial charge in [-0.15, -0.1) is 0 Å². The lowest BCUT2D eigenvalue weighted by molar-refractivity contribution is -0.112. The van der Waals surface area contributed by atoms with Crippen LogP contribution in [0.25, 0.3) is 6.08 Å². The van der Waals surface area contributed by atoms with Gasteiger partial charge in [-0.3, -0.25) is 4.79 Å². The molecule has 3 aromatic rings. The maximum absolute atomic E-state index is 13.7. The first-order valence-electron chi connectivity index (χ1n) is 8.16. The fraction of sp³-hybridized carbons (Fsp3) is 0. The van der Waals surface area contributed by atoms with Gasteiger partial charge in [-0.1, -0.05) is 42.5 Å². The van der Waals surface area contributed by atoms with Gasteiger partial charge in [0.05, 0.1) is 5.69 Å². The summed E-state index contributed by atoms with van der Waals surface area (Å²) in [7, 11) is 0. The monoisotopic (exact) mass is 358 g/mol. The molecule has 0 heterocycles. The van der Waals surface area contributed by atoms with E-state index in [0.717, 1.165) is 0 Å². The van der Waals surface area contributed by atoms with Gasteiger partial charge in [0.1, 0.15) is 29.0 Å². The molecule has 0 saturated heterocycles. The van der Waals surface area contributed by atoms with Crippen molar-refractivity contribution in [3.63, 3.8) is 0 Å². The van der Waals surface area contributed by atoms with Gasteiger partial charge in [0.2, 0.25) is 0 Å². The van der Waals surface area contributed by atoms with E-state index in [1.807, 2.05) is 36.4 Å². The van der Waals surface area contributed by atoms with Crippen molar-refractivity contribution >= 4 is 17.7 Å². The zero-order valence-electron chi connectivity index (χ0n) is 14.2. The minimum absolute atomic E-state index is 0.0183. The number of nitrogens with zero attached hydrogens (tertiary/aromatic N) is 1. The van der Waals surface area contributed by atoms with E-state index in [2.05, 4.69) is 5.32 Å². The lowest BCUT2D eigenvalue weighted by atomic mass is 10.1. The zero-order valence-corrected chi connectivity index (χ0v) is 14.2. The molecule has 0 spiro atoms. The predicted octanol–water partition coefficient (Wildman–Crippen LogP) is 5.16. The average molecular weight is 358 g/mol. The number of carbonyl (C=O) groups is 1. The summed E-state index contributed by atoms with van der Waals surface area (Å²) in [6.07, 6.45) is 1.42. The Hall–Kier alpha value is -3.91. The first-order valence-corrected chi connectivity index (χ1v) is 8.16. The number of carbonyl (C=O) groups excluding carboxylic acids is 1. The molecule has 0 atom stereocenters. The van der Waals surface area contributed by atoms with Gasteiger partial charge >= 0.3 is 0 Å². The Labute approximate surface area is 156 Å². The van der Waals surface area contributed by atoms with Crippen molar-refractivity contribution < 1.29 is 13.9 Å². The highest BCUT2D eigenvalue weighted by Crippen LogP contribution is 2.23. The molecule has 27 heavy (non-hydrogen) atoms. The van der Waals surface area contributed by atoms with Crippen LogP contribution in [0, 0.1) is 17.1 Å². The Bertz CT molecular complexity index is 1020. The minimum atomic E-state index is -0.683. The highest BCUT2D eigenvalue weighted by Gasteiger charge is 2.12. The Morgan fingerprint density at radius 1 is 0.963 bits per heavy atom. The molecular formula is C22H15FN2O2. The SMILES string of the molecule is N#C/C(=C/c1cccc(Oc2ccccc2)c1)C(=O)Nc1ccccc1F. The van der Waals surface area contributed by atoms with Crippen LogP contribution in [0.4, 0.5) is 10.1 Å². The zero-order chi connectivity index (χ0) is 19.1. The first-order chi connectivity index (χ1) is 13.2. The van der Waals surface area contributed by atoms with E-state index in [9.17, 15) is 14.4 Å². The Balaban J connectivity index is 1.79. The normalized spacial score (nSPS) is 10.7. The van der Waals surface area contributed by atoms with Crippen molar-refractivity contribution in [3.05, 3.63) is 95.8 Å². The number of ether oxygens (including phenoxy) is 1. The van der Waals surface area contributed by atoms with Crippen LogP contribution >= 0.6 is 0 Å². The number of rotatable bonds is 5. The summed E-state index contributed by atoms with van der Waals surface area (Å²) in [5.74, 6) is -0.00318. The fourth-order valence-corrected chi connectivity index (χ4v) is 2.36. The highest BCUT2D eigenvalue weighted by atomic mass is 19.1. The van der Waals surface area contributed by atoms with Crippen molar-refractivity contribution in [1.29, 1.82) is 5.26 Å². The molecule has 4 nitrogen and oxygen atoms in total. The molecule has 1 amide bonds. The van der Waals surface area contributed by atoms with Gasteiger partial charge in [0.25, 0.3) is 5.91 Å². The molecule has 0 saturated carbocycles. The number of nitrogens with one attached hydrogen (secondary N) is 1. The lowest BCUT2D eigenvalue weighted by Crippen LogP contribution is -2.14. The molecule has 0 fully saturated rings. The van der Waals surface area contributed by atoms with Gasteiger partial charge in [-0.2, -0.15) is 5.26 Å². The Morgan fingerprint density at radius 2 is 1.67 bits per heavy atom. The summed E-state index contributed by atoms with van der Waals surface area (Å²) in [6.45, 7) is 0. The minimum Gasteiger partial charge on any atom is -0.457 e. The smallest absolute Gasteiger partial charge is 0.266 e. The summed E-state index contributed by atoms with van der Waals surface area (Å²) < 4.78 is 19.4. The molecule has 132 valence electrons. The van der Waals surface area contributed by atoms with Gasteiger partial charge < -0.3 is 10.1 Å². The van der Waals surface area contributed by atoms with Gasteiger partial charge in [0.15, 0.2) is 0 Å². The third kappa shape index (κ3) is 4.80. The maximum Gasteiger partial charge on any atom is 0.266 e. The number of halogens is 1. The average Bonchev–Trinajstić information content (AvgIpc) is 2.69. The van der Waals surface area contributed by atoms with Crippen LogP contribution in [0.2, 0.25) is 0 Å². The molecule has 1 N–H and O–H groups in total. The molecule has 0 aliphatic rings. The van der Waals surface area contributed by atoms with Crippen molar-refractivity contribution in [3.8, 4) is 17.6 Å². The molecule has 0 aliphatic heterocycles. The largest absolute Gasteiger partial charge is 0.457 e. The van der Waals surface area contributed by atoms with Crippen molar-refractivity contribution in [2.24, 2.45) is 0 Å². The van der Waals surface area contributed by atoms with E-state index in [-0.39, 0.29) is 11.3 Å². The van der Waals surface area contributed by atoms with E-state index >= 15 is 0 Å². The van der Waals surface area contributed by atoms with E-state index in [0.29, 0.717) is 17.1 Å². The van der Waals surface area contributed by atoms with Crippen LogP contribution in [0.5, 0.6) is 11.5 Å². The molecule has 0 radical (unpaired) electrons. The first kappa shape index (κ1) is 17.9. The van der Waals surface area contributed by atoms with E-state index in [1.54, 1.807) is 30.3 Å². The summed E-state index contributed by atoms with van der Waals surface area (Å²) in [6, 6.07) is 23.9. The van der Waals surface area contributed by atoms with Gasteiger partial charge in [-0.25, -0.2) is 4.39 Å². The molecule has 3 aromatic carbocycles. The van der Waals surface area contributed by atoms with Crippen molar-refractivity contribution in [2.75, 3.05) is 5.32 Å². The van der Waals surface area contributed by atoms with Gasteiger partial charge in [0, 0.05) is 0 Å². The fourth-order valence-electron chi connectivity index (χ4n) is 2.36. The van der Waals surface area contributed by atoms with Crippen LogP contribution in [-0.4, -0.2) is 5.91 Å². The second-order valence-corrected chi connectivity index (χ2v) is 5.59. The predicted molar refractivity (Wildman–Crippen MR) is 102 cm³/mol. The summed E-state index contributed by atoms with van der Waals surface area (Å²) in [5.41, 5.74) is 0.489. The Kier molecular flexibility index (Phi) is 5.60. The lowest BCUT2D eigenvalue weighted by Gasteiger charge is -2.07. The van der Waals surface area contributed by atoms with Crippen molar-refractivity contribution in [1.82, 2.24) is 0 Å². The summed E-state index contributed by atoms with van der Waals surface area (Å²) in [4.78, 5) is 12.3.